The molecule has 1 amide bonds. The number of nitrogen functional groups attached to an aromatic ring is 1. The van der Waals surface area contributed by atoms with E-state index >= 15 is 0 Å². The highest BCUT2D eigenvalue weighted by molar-refractivity contribution is 7.99. The van der Waals surface area contributed by atoms with E-state index in [4.69, 9.17) is 10.8 Å². The van der Waals surface area contributed by atoms with Gasteiger partial charge in [-0.2, -0.15) is 0 Å². The van der Waals surface area contributed by atoms with E-state index in [0.29, 0.717) is 22.9 Å². The molecule has 0 spiro atoms. The summed E-state index contributed by atoms with van der Waals surface area (Å²) in [6, 6.07) is 5.93. The summed E-state index contributed by atoms with van der Waals surface area (Å²) in [4.78, 5) is 24.5. The van der Waals surface area contributed by atoms with Crippen LogP contribution in [0.3, 0.4) is 0 Å². The molecular weight excluding hydrogens is 240 g/mol. The molecule has 1 fully saturated rings. The summed E-state index contributed by atoms with van der Waals surface area (Å²) >= 11 is 1.43. The Morgan fingerprint density at radius 1 is 1.41 bits per heavy atom. The van der Waals surface area contributed by atoms with Gasteiger partial charge >= 0.3 is 5.97 Å². The van der Waals surface area contributed by atoms with E-state index in [0.717, 1.165) is 0 Å². The molecule has 17 heavy (non-hydrogen) atoms. The number of para-hydroxylation sites is 1. The number of nitrogens with zero attached hydrogens (tertiary/aromatic N) is 1. The van der Waals surface area contributed by atoms with E-state index in [-0.39, 0.29) is 5.91 Å². The van der Waals surface area contributed by atoms with Crippen LogP contribution in [-0.2, 0) is 4.79 Å². The number of amides is 1. The van der Waals surface area contributed by atoms with Crippen molar-refractivity contribution in [2.24, 2.45) is 0 Å². The number of carbonyl (C=O) groups excluding carboxylic acids is 1. The Morgan fingerprint density at radius 2 is 2.12 bits per heavy atom. The lowest BCUT2D eigenvalue weighted by atomic mass is 10.1. The van der Waals surface area contributed by atoms with Gasteiger partial charge in [0.1, 0.15) is 6.04 Å². The van der Waals surface area contributed by atoms with Gasteiger partial charge in [-0.25, -0.2) is 4.79 Å². The number of carboxylic acid groups (broad SMARTS) is 1. The predicted molar refractivity (Wildman–Crippen MR) is 65.8 cm³/mol. The van der Waals surface area contributed by atoms with E-state index in [1.807, 2.05) is 0 Å². The minimum Gasteiger partial charge on any atom is -0.480 e. The Kier molecular flexibility index (Phi) is 3.23. The lowest BCUT2D eigenvalue weighted by molar-refractivity contribution is -0.140. The van der Waals surface area contributed by atoms with Crippen molar-refractivity contribution in [3.63, 3.8) is 0 Å². The van der Waals surface area contributed by atoms with Gasteiger partial charge in [-0.3, -0.25) is 4.79 Å². The molecular formula is C11H12N2O3S. The molecule has 3 N–H and O–H groups in total. The van der Waals surface area contributed by atoms with E-state index in [9.17, 15) is 9.59 Å². The maximum Gasteiger partial charge on any atom is 0.327 e. The van der Waals surface area contributed by atoms with Crippen LogP contribution in [0.15, 0.2) is 24.3 Å². The number of hydrogen-bond acceptors (Lipinski definition) is 4. The monoisotopic (exact) mass is 252 g/mol. The van der Waals surface area contributed by atoms with Crippen LogP contribution < -0.4 is 5.73 Å². The second-order valence-electron chi connectivity index (χ2n) is 3.72. The summed E-state index contributed by atoms with van der Waals surface area (Å²) in [6.07, 6.45) is 0. The molecule has 5 nitrogen and oxygen atoms in total. The molecule has 0 bridgehead atoms. The van der Waals surface area contributed by atoms with Gasteiger partial charge in [0.25, 0.3) is 5.91 Å². The predicted octanol–water partition coefficient (Wildman–Crippen LogP) is 0.869. The Balaban J connectivity index is 2.26. The Morgan fingerprint density at radius 3 is 2.76 bits per heavy atom. The van der Waals surface area contributed by atoms with Gasteiger partial charge in [-0.15, -0.1) is 11.8 Å². The highest BCUT2D eigenvalue weighted by atomic mass is 32.2. The first kappa shape index (κ1) is 11.8. The zero-order valence-electron chi connectivity index (χ0n) is 9.00. The molecule has 1 aliphatic rings. The number of thioether (sulfide) groups is 1. The normalized spacial score (nSPS) is 19.3. The standard InChI is InChI=1S/C11H12N2O3S/c12-8-4-2-1-3-7(8)10(14)13-6-17-5-9(13)11(15)16/h1-4,9H,5-6,12H2,(H,15,16). The zero-order chi connectivity index (χ0) is 12.4. The lowest BCUT2D eigenvalue weighted by Gasteiger charge is -2.21. The minimum absolute atomic E-state index is 0.319. The average molecular weight is 252 g/mol. The summed E-state index contributed by atoms with van der Waals surface area (Å²) < 4.78 is 0. The fourth-order valence-corrected chi connectivity index (χ4v) is 2.84. The van der Waals surface area contributed by atoms with Gasteiger partial charge in [-0.1, -0.05) is 12.1 Å². The van der Waals surface area contributed by atoms with Gasteiger partial charge < -0.3 is 15.7 Å². The smallest absolute Gasteiger partial charge is 0.327 e. The van der Waals surface area contributed by atoms with Gasteiger partial charge in [0.2, 0.25) is 0 Å². The maximum absolute atomic E-state index is 12.2. The average Bonchev–Trinajstić information content (AvgIpc) is 2.77. The molecule has 90 valence electrons. The van der Waals surface area contributed by atoms with Crippen LogP contribution in [0.2, 0.25) is 0 Å². The minimum atomic E-state index is -0.974. The van der Waals surface area contributed by atoms with Crippen molar-refractivity contribution in [3.05, 3.63) is 29.8 Å². The quantitative estimate of drug-likeness (QED) is 0.763. The number of carboxylic acids is 1. The number of aliphatic carboxylic acids is 1. The Hall–Kier alpha value is -1.69. The Bertz CT molecular complexity index is 464. The first-order valence-corrected chi connectivity index (χ1v) is 6.22. The number of anilines is 1. The number of nitrogens with two attached hydrogens (primary N) is 1. The van der Waals surface area contributed by atoms with Crippen LogP contribution in [0.4, 0.5) is 5.69 Å². The van der Waals surface area contributed by atoms with Crippen molar-refractivity contribution in [1.29, 1.82) is 0 Å². The maximum atomic E-state index is 12.2. The molecule has 1 saturated heterocycles. The molecule has 1 heterocycles. The number of carbonyl (C=O) groups is 2. The topological polar surface area (TPSA) is 83.6 Å². The molecule has 1 aromatic rings. The van der Waals surface area contributed by atoms with Crippen molar-refractivity contribution in [1.82, 2.24) is 4.90 Å². The number of hydrogen-bond donors (Lipinski definition) is 2. The van der Waals surface area contributed by atoms with Gasteiger partial charge in [-0.05, 0) is 12.1 Å². The summed E-state index contributed by atoms with van der Waals surface area (Å²) in [5.41, 5.74) is 6.44. The van der Waals surface area contributed by atoms with Crippen LogP contribution >= 0.6 is 11.8 Å². The highest BCUT2D eigenvalue weighted by Crippen LogP contribution is 2.24. The van der Waals surface area contributed by atoms with Crippen LogP contribution in [0.25, 0.3) is 0 Å². The SMILES string of the molecule is Nc1ccccc1C(=O)N1CSCC1C(=O)O. The first-order chi connectivity index (χ1) is 8.11. The fraction of sp³-hybridized carbons (Fsp3) is 0.273. The molecule has 0 radical (unpaired) electrons. The molecule has 0 aliphatic carbocycles. The molecule has 1 aliphatic heterocycles. The third-order valence-electron chi connectivity index (χ3n) is 2.62. The third-order valence-corrected chi connectivity index (χ3v) is 3.63. The van der Waals surface area contributed by atoms with E-state index in [2.05, 4.69) is 0 Å². The molecule has 0 aromatic heterocycles. The molecule has 0 saturated carbocycles. The summed E-state index contributed by atoms with van der Waals surface area (Å²) in [6.45, 7) is 0. The molecule has 1 unspecified atom stereocenters. The summed E-state index contributed by atoms with van der Waals surface area (Å²) in [5, 5.41) is 9.01. The van der Waals surface area contributed by atoms with Crippen LogP contribution in [0.1, 0.15) is 10.4 Å². The van der Waals surface area contributed by atoms with Crippen molar-refractivity contribution >= 4 is 29.3 Å². The third kappa shape index (κ3) is 2.21. The van der Waals surface area contributed by atoms with E-state index in [1.54, 1.807) is 24.3 Å². The van der Waals surface area contributed by atoms with Crippen molar-refractivity contribution in [2.75, 3.05) is 17.4 Å². The summed E-state index contributed by atoms with van der Waals surface area (Å²) in [7, 11) is 0. The van der Waals surface area contributed by atoms with Gasteiger partial charge in [0.15, 0.2) is 0 Å². The van der Waals surface area contributed by atoms with Crippen molar-refractivity contribution in [3.8, 4) is 0 Å². The largest absolute Gasteiger partial charge is 0.480 e. The zero-order valence-corrected chi connectivity index (χ0v) is 9.81. The van der Waals surface area contributed by atoms with Crippen molar-refractivity contribution in [2.45, 2.75) is 6.04 Å². The van der Waals surface area contributed by atoms with Crippen LogP contribution in [0.5, 0.6) is 0 Å². The second-order valence-corrected chi connectivity index (χ2v) is 4.72. The Labute approximate surface area is 103 Å². The van der Waals surface area contributed by atoms with Crippen molar-refractivity contribution < 1.29 is 14.7 Å². The van der Waals surface area contributed by atoms with Gasteiger partial charge in [0.05, 0.1) is 11.4 Å². The molecule has 2 rings (SSSR count). The van der Waals surface area contributed by atoms with Crippen LogP contribution in [-0.4, -0.2) is 39.6 Å². The number of benzene rings is 1. The second kappa shape index (κ2) is 4.67. The summed E-state index contributed by atoms with van der Waals surface area (Å²) in [5.74, 6) is -0.476. The van der Waals surface area contributed by atoms with Crippen LogP contribution in [0, 0.1) is 0 Å². The fourth-order valence-electron chi connectivity index (χ4n) is 1.69. The molecule has 1 aromatic carbocycles. The molecule has 1 atom stereocenters. The molecule has 6 heteroatoms. The number of rotatable bonds is 2. The van der Waals surface area contributed by atoms with Gasteiger partial charge in [0, 0.05) is 11.4 Å². The van der Waals surface area contributed by atoms with E-state index < -0.39 is 12.0 Å². The highest BCUT2D eigenvalue weighted by Gasteiger charge is 2.35. The lowest BCUT2D eigenvalue weighted by Crippen LogP contribution is -2.41. The van der Waals surface area contributed by atoms with E-state index in [1.165, 1.54) is 16.7 Å². The first-order valence-electron chi connectivity index (χ1n) is 5.07.